The van der Waals surface area contributed by atoms with Crippen LogP contribution in [0.25, 0.3) is 0 Å². The van der Waals surface area contributed by atoms with Crippen LogP contribution in [0.4, 0.5) is 0 Å². The molecule has 0 aliphatic heterocycles. The molecule has 0 saturated heterocycles. The summed E-state index contributed by atoms with van der Waals surface area (Å²) in [5.74, 6) is 1.03. The van der Waals surface area contributed by atoms with Gasteiger partial charge in [-0.05, 0) is 44.0 Å². The van der Waals surface area contributed by atoms with Gasteiger partial charge in [0.2, 0.25) is 0 Å². The van der Waals surface area contributed by atoms with Gasteiger partial charge < -0.3 is 10.1 Å². The Hall–Kier alpha value is -0.730. The zero-order valence-electron chi connectivity index (χ0n) is 12.2. The Morgan fingerprint density at radius 2 is 1.89 bits per heavy atom. The molecule has 0 radical (unpaired) electrons. The fourth-order valence-corrected chi connectivity index (χ4v) is 1.79. The normalized spacial score (nSPS) is 10.9. The lowest BCUT2D eigenvalue weighted by molar-refractivity contribution is 0.301. The minimum Gasteiger partial charge on any atom is -0.493 e. The van der Waals surface area contributed by atoms with Crippen LogP contribution in [0.15, 0.2) is 18.2 Å². The number of ether oxygens (including phenoxy) is 1. The SMILES string of the molecule is CNCCCOc1ccc(C)cc1C(C)(C)C.Cl. The summed E-state index contributed by atoms with van der Waals surface area (Å²) in [6, 6.07) is 6.44. The maximum atomic E-state index is 5.88. The Morgan fingerprint density at radius 1 is 1.22 bits per heavy atom. The van der Waals surface area contributed by atoms with Crippen LogP contribution in [-0.2, 0) is 5.41 Å². The minimum absolute atomic E-state index is 0. The monoisotopic (exact) mass is 271 g/mol. The molecule has 0 fully saturated rings. The molecular formula is C15H26ClNO. The number of halogens is 1. The summed E-state index contributed by atoms with van der Waals surface area (Å²) >= 11 is 0. The molecule has 1 rings (SSSR count). The van der Waals surface area contributed by atoms with E-state index in [4.69, 9.17) is 4.74 Å². The third-order valence-electron chi connectivity index (χ3n) is 2.77. The van der Waals surface area contributed by atoms with Gasteiger partial charge in [-0.2, -0.15) is 0 Å². The van der Waals surface area contributed by atoms with Gasteiger partial charge in [0.05, 0.1) is 6.61 Å². The van der Waals surface area contributed by atoms with Crippen LogP contribution in [0.1, 0.15) is 38.3 Å². The van der Waals surface area contributed by atoms with Crippen molar-refractivity contribution >= 4 is 12.4 Å². The molecule has 2 nitrogen and oxygen atoms in total. The van der Waals surface area contributed by atoms with Crippen molar-refractivity contribution in [3.05, 3.63) is 29.3 Å². The standard InChI is InChI=1S/C15H25NO.ClH/c1-12-7-8-14(17-10-6-9-16-5)13(11-12)15(2,3)4;/h7-8,11,16H,6,9-10H2,1-5H3;1H. The zero-order chi connectivity index (χ0) is 12.9. The summed E-state index contributed by atoms with van der Waals surface area (Å²) in [6.07, 6.45) is 1.04. The quantitative estimate of drug-likeness (QED) is 0.825. The number of aryl methyl sites for hydroxylation is 1. The largest absolute Gasteiger partial charge is 0.493 e. The molecule has 104 valence electrons. The third kappa shape index (κ3) is 5.28. The number of hydrogen-bond acceptors (Lipinski definition) is 2. The smallest absolute Gasteiger partial charge is 0.123 e. The van der Waals surface area contributed by atoms with Crippen LogP contribution in [-0.4, -0.2) is 20.2 Å². The summed E-state index contributed by atoms with van der Waals surface area (Å²) in [7, 11) is 1.96. The fraction of sp³-hybridized carbons (Fsp3) is 0.600. The molecule has 0 aliphatic carbocycles. The molecule has 1 aromatic rings. The molecule has 0 atom stereocenters. The highest BCUT2D eigenvalue weighted by Crippen LogP contribution is 2.32. The summed E-state index contributed by atoms with van der Waals surface area (Å²) in [6.45, 7) is 10.6. The first kappa shape index (κ1) is 17.3. The van der Waals surface area contributed by atoms with E-state index < -0.39 is 0 Å². The lowest BCUT2D eigenvalue weighted by atomic mass is 9.85. The molecule has 0 aromatic heterocycles. The molecule has 18 heavy (non-hydrogen) atoms. The second-order valence-electron chi connectivity index (χ2n) is 5.56. The molecule has 0 bridgehead atoms. The van der Waals surface area contributed by atoms with Gasteiger partial charge in [-0.1, -0.05) is 38.5 Å². The van der Waals surface area contributed by atoms with Gasteiger partial charge in [-0.15, -0.1) is 12.4 Å². The first-order chi connectivity index (χ1) is 7.95. The van der Waals surface area contributed by atoms with Crippen LogP contribution >= 0.6 is 12.4 Å². The maximum absolute atomic E-state index is 5.88. The van der Waals surface area contributed by atoms with E-state index in [9.17, 15) is 0 Å². The summed E-state index contributed by atoms with van der Waals surface area (Å²) < 4.78 is 5.88. The van der Waals surface area contributed by atoms with Crippen LogP contribution in [0.5, 0.6) is 5.75 Å². The van der Waals surface area contributed by atoms with E-state index in [1.165, 1.54) is 11.1 Å². The Kier molecular flexibility index (Phi) is 7.34. The van der Waals surface area contributed by atoms with Crippen molar-refractivity contribution in [3.63, 3.8) is 0 Å². The lowest BCUT2D eigenvalue weighted by Crippen LogP contribution is -2.16. The van der Waals surface area contributed by atoms with E-state index in [2.05, 4.69) is 51.2 Å². The van der Waals surface area contributed by atoms with E-state index in [-0.39, 0.29) is 17.8 Å². The van der Waals surface area contributed by atoms with Crippen LogP contribution in [0, 0.1) is 6.92 Å². The molecule has 0 saturated carbocycles. The van der Waals surface area contributed by atoms with Gasteiger partial charge in [0.1, 0.15) is 5.75 Å². The molecule has 0 amide bonds. The topological polar surface area (TPSA) is 21.3 Å². The Labute approximate surface area is 118 Å². The predicted octanol–water partition coefficient (Wildman–Crippen LogP) is 3.70. The van der Waals surface area contributed by atoms with Gasteiger partial charge in [0, 0.05) is 0 Å². The molecule has 1 N–H and O–H groups in total. The van der Waals surface area contributed by atoms with Gasteiger partial charge in [0.25, 0.3) is 0 Å². The second-order valence-corrected chi connectivity index (χ2v) is 5.56. The number of benzene rings is 1. The highest BCUT2D eigenvalue weighted by molar-refractivity contribution is 5.85. The number of nitrogens with one attached hydrogen (secondary N) is 1. The second kappa shape index (κ2) is 7.65. The third-order valence-corrected chi connectivity index (χ3v) is 2.77. The van der Waals surface area contributed by atoms with E-state index in [0.29, 0.717) is 0 Å². The minimum atomic E-state index is 0. The maximum Gasteiger partial charge on any atom is 0.123 e. The van der Waals surface area contributed by atoms with Crippen LogP contribution in [0.2, 0.25) is 0 Å². The van der Waals surface area contributed by atoms with E-state index in [1.807, 2.05) is 7.05 Å². The highest BCUT2D eigenvalue weighted by Gasteiger charge is 2.18. The molecule has 0 unspecified atom stereocenters. The summed E-state index contributed by atoms with van der Waals surface area (Å²) in [5, 5.41) is 3.13. The molecule has 0 aliphatic rings. The van der Waals surface area contributed by atoms with Gasteiger partial charge >= 0.3 is 0 Å². The van der Waals surface area contributed by atoms with Crippen molar-refractivity contribution in [2.45, 2.75) is 39.5 Å². The van der Waals surface area contributed by atoms with E-state index in [1.54, 1.807) is 0 Å². The lowest BCUT2D eigenvalue weighted by Gasteiger charge is -2.23. The zero-order valence-corrected chi connectivity index (χ0v) is 13.0. The fourth-order valence-electron chi connectivity index (χ4n) is 1.79. The van der Waals surface area contributed by atoms with Crippen LogP contribution in [0.3, 0.4) is 0 Å². The molecule has 0 spiro atoms. The Bertz CT molecular complexity index is 358. The van der Waals surface area contributed by atoms with Crippen LogP contribution < -0.4 is 10.1 Å². The number of rotatable bonds is 5. The van der Waals surface area contributed by atoms with Crippen molar-refractivity contribution in [3.8, 4) is 5.75 Å². The Morgan fingerprint density at radius 3 is 2.44 bits per heavy atom. The average Bonchev–Trinajstić information content (AvgIpc) is 2.25. The van der Waals surface area contributed by atoms with Crippen molar-refractivity contribution in [2.75, 3.05) is 20.2 Å². The van der Waals surface area contributed by atoms with Gasteiger partial charge in [-0.25, -0.2) is 0 Å². The van der Waals surface area contributed by atoms with Crippen molar-refractivity contribution in [1.82, 2.24) is 5.32 Å². The average molecular weight is 272 g/mol. The van der Waals surface area contributed by atoms with Crippen molar-refractivity contribution in [2.24, 2.45) is 0 Å². The van der Waals surface area contributed by atoms with Gasteiger partial charge in [-0.3, -0.25) is 0 Å². The highest BCUT2D eigenvalue weighted by atomic mass is 35.5. The summed E-state index contributed by atoms with van der Waals surface area (Å²) in [5.41, 5.74) is 2.71. The van der Waals surface area contributed by atoms with E-state index >= 15 is 0 Å². The molecule has 0 heterocycles. The molecule has 3 heteroatoms. The number of hydrogen-bond donors (Lipinski definition) is 1. The van der Waals surface area contributed by atoms with Gasteiger partial charge in [0.15, 0.2) is 0 Å². The van der Waals surface area contributed by atoms with E-state index in [0.717, 1.165) is 25.3 Å². The van der Waals surface area contributed by atoms with Crippen molar-refractivity contribution < 1.29 is 4.74 Å². The summed E-state index contributed by atoms with van der Waals surface area (Å²) in [4.78, 5) is 0. The molecule has 1 aromatic carbocycles. The first-order valence-electron chi connectivity index (χ1n) is 6.33. The predicted molar refractivity (Wildman–Crippen MR) is 81.2 cm³/mol. The Balaban J connectivity index is 0.00000289. The van der Waals surface area contributed by atoms with Crippen molar-refractivity contribution in [1.29, 1.82) is 0 Å². The first-order valence-corrected chi connectivity index (χ1v) is 6.33. The molecular weight excluding hydrogens is 246 g/mol.